The summed E-state index contributed by atoms with van der Waals surface area (Å²) in [7, 11) is 0. The largest absolute Gasteiger partial charge is 0.393 e. The molecule has 188 valence electrons. The van der Waals surface area contributed by atoms with Gasteiger partial charge in [-0.05, 0) is 66.5 Å². The van der Waals surface area contributed by atoms with Crippen LogP contribution in [-0.2, 0) is 17.6 Å². The minimum absolute atomic E-state index is 0.0166. The van der Waals surface area contributed by atoms with Gasteiger partial charge in [-0.15, -0.1) is 0 Å². The predicted octanol–water partition coefficient (Wildman–Crippen LogP) is 6.27. The molecule has 0 unspecified atom stereocenters. The minimum Gasteiger partial charge on any atom is -0.393 e. The van der Waals surface area contributed by atoms with Crippen molar-refractivity contribution < 1.29 is 19.4 Å². The standard InChI is InChI=1S/C31H34FNO3/c1-19(2)30-28(16-15-24(35)18-25(36)17-20(3)34)29(22-11-13-23(32)14-12-22)27-10-6-8-21-7-4-5-9-26(21)31(27)33-30/h4-5,7,9,11-16,19,24-25,35-36H,6,8,10,17-18H2,1-3H3/b16-15+/t24-,25+/m1/s1. The van der Waals surface area contributed by atoms with Crippen molar-refractivity contribution in [3.05, 3.63) is 82.8 Å². The van der Waals surface area contributed by atoms with Crippen LogP contribution in [0.3, 0.4) is 0 Å². The second-order valence-corrected chi connectivity index (χ2v) is 10.0. The molecule has 4 rings (SSSR count). The zero-order valence-electron chi connectivity index (χ0n) is 21.2. The van der Waals surface area contributed by atoms with Gasteiger partial charge in [-0.2, -0.15) is 0 Å². The molecule has 1 aromatic heterocycles. The van der Waals surface area contributed by atoms with Gasteiger partial charge in [0.1, 0.15) is 11.6 Å². The molecule has 0 saturated heterocycles. The van der Waals surface area contributed by atoms with Crippen molar-refractivity contribution >= 4 is 11.9 Å². The number of halogens is 1. The van der Waals surface area contributed by atoms with Gasteiger partial charge in [0, 0.05) is 24.0 Å². The lowest BCUT2D eigenvalue weighted by Crippen LogP contribution is -2.18. The topological polar surface area (TPSA) is 70.4 Å². The van der Waals surface area contributed by atoms with Gasteiger partial charge >= 0.3 is 0 Å². The van der Waals surface area contributed by atoms with E-state index in [1.54, 1.807) is 18.2 Å². The zero-order valence-corrected chi connectivity index (χ0v) is 21.2. The molecule has 1 aliphatic carbocycles. The number of benzene rings is 2. The Morgan fingerprint density at radius 3 is 2.50 bits per heavy atom. The maximum atomic E-state index is 13.9. The molecule has 0 amide bonds. The van der Waals surface area contributed by atoms with E-state index >= 15 is 0 Å². The monoisotopic (exact) mass is 487 g/mol. The third kappa shape index (κ3) is 5.80. The first-order valence-electron chi connectivity index (χ1n) is 12.7. The molecular formula is C31H34FNO3. The summed E-state index contributed by atoms with van der Waals surface area (Å²) in [5.41, 5.74) is 8.23. The van der Waals surface area contributed by atoms with Gasteiger partial charge < -0.3 is 10.2 Å². The van der Waals surface area contributed by atoms with Crippen LogP contribution in [0.5, 0.6) is 0 Å². The van der Waals surface area contributed by atoms with Crippen molar-refractivity contribution in [2.75, 3.05) is 0 Å². The van der Waals surface area contributed by atoms with Crippen molar-refractivity contribution in [2.45, 2.75) is 71.0 Å². The number of nitrogens with zero attached hydrogens (tertiary/aromatic N) is 1. The zero-order chi connectivity index (χ0) is 25.8. The third-order valence-corrected chi connectivity index (χ3v) is 6.71. The molecular weight excluding hydrogens is 453 g/mol. The first kappa shape index (κ1) is 25.9. The lowest BCUT2D eigenvalue weighted by atomic mass is 9.86. The first-order chi connectivity index (χ1) is 17.2. The Morgan fingerprint density at radius 2 is 1.81 bits per heavy atom. The number of carbonyl (C=O) groups is 1. The minimum atomic E-state index is -0.917. The number of fused-ring (bicyclic) bond motifs is 3. The summed E-state index contributed by atoms with van der Waals surface area (Å²) < 4.78 is 13.9. The molecule has 1 heterocycles. The number of aliphatic hydroxyl groups excluding tert-OH is 2. The maximum absolute atomic E-state index is 13.9. The molecule has 2 atom stereocenters. The Hall–Kier alpha value is -3.15. The Labute approximate surface area is 212 Å². The average molecular weight is 488 g/mol. The molecule has 0 spiro atoms. The number of aromatic nitrogens is 1. The lowest BCUT2D eigenvalue weighted by Gasteiger charge is -2.22. The van der Waals surface area contributed by atoms with Crippen molar-refractivity contribution in [2.24, 2.45) is 0 Å². The van der Waals surface area contributed by atoms with Crippen LogP contribution in [0.15, 0.2) is 54.6 Å². The van der Waals surface area contributed by atoms with E-state index in [1.807, 2.05) is 12.1 Å². The fraction of sp³-hybridized carbons (Fsp3) is 0.355. The second kappa shape index (κ2) is 11.3. The highest BCUT2D eigenvalue weighted by Crippen LogP contribution is 2.42. The van der Waals surface area contributed by atoms with Crippen LogP contribution in [0.1, 0.15) is 68.3 Å². The van der Waals surface area contributed by atoms with Crippen molar-refractivity contribution in [3.63, 3.8) is 0 Å². The number of aryl methyl sites for hydroxylation is 1. The second-order valence-electron chi connectivity index (χ2n) is 10.0. The van der Waals surface area contributed by atoms with Crippen LogP contribution in [-0.4, -0.2) is 33.2 Å². The first-order valence-corrected chi connectivity index (χ1v) is 12.7. The molecule has 4 nitrogen and oxygen atoms in total. The van der Waals surface area contributed by atoms with E-state index in [0.29, 0.717) is 0 Å². The van der Waals surface area contributed by atoms with Gasteiger partial charge in [0.2, 0.25) is 0 Å². The van der Waals surface area contributed by atoms with Gasteiger partial charge in [0.25, 0.3) is 0 Å². The van der Waals surface area contributed by atoms with Gasteiger partial charge in [-0.1, -0.05) is 62.4 Å². The summed E-state index contributed by atoms with van der Waals surface area (Å²) >= 11 is 0. The van der Waals surface area contributed by atoms with Crippen LogP contribution >= 0.6 is 0 Å². The van der Waals surface area contributed by atoms with Crippen LogP contribution in [0.25, 0.3) is 28.5 Å². The number of hydrogen-bond donors (Lipinski definition) is 2. The summed E-state index contributed by atoms with van der Waals surface area (Å²) in [6.07, 6.45) is 4.59. The van der Waals surface area contributed by atoms with Gasteiger partial charge in [0.15, 0.2) is 0 Å². The molecule has 0 saturated carbocycles. The van der Waals surface area contributed by atoms with E-state index in [1.165, 1.54) is 24.6 Å². The SMILES string of the molecule is CC(=O)C[C@H](O)C[C@H](O)/C=C/c1c(C(C)C)nc2c(c1-c1ccc(F)cc1)CCCc1ccccc1-2. The van der Waals surface area contributed by atoms with Crippen molar-refractivity contribution in [1.29, 1.82) is 0 Å². The highest BCUT2D eigenvalue weighted by molar-refractivity contribution is 5.85. The van der Waals surface area contributed by atoms with E-state index in [9.17, 15) is 19.4 Å². The van der Waals surface area contributed by atoms with Gasteiger partial charge in [0.05, 0.1) is 23.6 Å². The Balaban J connectivity index is 1.90. The van der Waals surface area contributed by atoms with E-state index in [4.69, 9.17) is 4.98 Å². The van der Waals surface area contributed by atoms with E-state index in [-0.39, 0.29) is 30.4 Å². The number of Topliss-reactive ketones (excluding diaryl/α,β-unsaturated/α-hetero) is 1. The fourth-order valence-electron chi connectivity index (χ4n) is 5.08. The summed E-state index contributed by atoms with van der Waals surface area (Å²) in [6.45, 7) is 5.61. The van der Waals surface area contributed by atoms with Crippen LogP contribution in [0.2, 0.25) is 0 Å². The smallest absolute Gasteiger partial charge is 0.132 e. The number of rotatable bonds is 8. The Bertz CT molecular complexity index is 1260. The summed E-state index contributed by atoms with van der Waals surface area (Å²) in [4.78, 5) is 16.5. The molecule has 0 radical (unpaired) electrons. The van der Waals surface area contributed by atoms with Crippen LogP contribution < -0.4 is 0 Å². The molecule has 2 N–H and O–H groups in total. The molecule has 0 aliphatic heterocycles. The Kier molecular flexibility index (Phi) is 8.12. The highest BCUT2D eigenvalue weighted by atomic mass is 19.1. The fourth-order valence-corrected chi connectivity index (χ4v) is 5.08. The van der Waals surface area contributed by atoms with Gasteiger partial charge in [-0.3, -0.25) is 9.78 Å². The van der Waals surface area contributed by atoms with E-state index in [2.05, 4.69) is 32.0 Å². The normalized spacial score (nSPS) is 14.9. The number of ketones is 1. The average Bonchev–Trinajstić information content (AvgIpc) is 3.01. The summed E-state index contributed by atoms with van der Waals surface area (Å²) in [5.74, 6) is -0.306. The molecule has 2 aromatic carbocycles. The maximum Gasteiger partial charge on any atom is 0.132 e. The molecule has 5 heteroatoms. The van der Waals surface area contributed by atoms with E-state index < -0.39 is 12.2 Å². The third-order valence-electron chi connectivity index (χ3n) is 6.71. The van der Waals surface area contributed by atoms with Crippen LogP contribution in [0, 0.1) is 5.82 Å². The van der Waals surface area contributed by atoms with Crippen molar-refractivity contribution in [1.82, 2.24) is 4.98 Å². The number of carbonyl (C=O) groups excluding carboxylic acids is 1. The number of pyridine rings is 1. The quantitative estimate of drug-likeness (QED) is 0.393. The molecule has 0 fully saturated rings. The number of aliphatic hydroxyl groups is 2. The van der Waals surface area contributed by atoms with Crippen LogP contribution in [0.4, 0.5) is 4.39 Å². The predicted molar refractivity (Wildman–Crippen MR) is 142 cm³/mol. The summed E-state index contributed by atoms with van der Waals surface area (Å²) in [5, 5.41) is 20.7. The highest BCUT2D eigenvalue weighted by Gasteiger charge is 2.25. The number of hydrogen-bond acceptors (Lipinski definition) is 4. The van der Waals surface area contributed by atoms with E-state index in [0.717, 1.165) is 58.5 Å². The summed E-state index contributed by atoms with van der Waals surface area (Å²) in [6, 6.07) is 14.9. The van der Waals surface area contributed by atoms with Gasteiger partial charge in [-0.25, -0.2) is 4.39 Å². The lowest BCUT2D eigenvalue weighted by molar-refractivity contribution is -0.119. The molecule has 1 aliphatic rings. The van der Waals surface area contributed by atoms with Crippen molar-refractivity contribution in [3.8, 4) is 22.4 Å². The Morgan fingerprint density at radius 1 is 1.08 bits per heavy atom. The molecule has 36 heavy (non-hydrogen) atoms. The molecule has 3 aromatic rings. The molecule has 0 bridgehead atoms.